The normalized spacial score (nSPS) is 18.2. The molecule has 3 aromatic heterocycles. The maximum absolute atomic E-state index is 4.66. The molecule has 1 N–H and O–H groups in total. The Morgan fingerprint density at radius 1 is 1.23 bits per heavy atom. The van der Waals surface area contributed by atoms with Crippen LogP contribution in [0.3, 0.4) is 0 Å². The predicted molar refractivity (Wildman–Crippen MR) is 103 cm³/mol. The number of hydrogen-bond donors (Lipinski definition) is 1. The highest BCUT2D eigenvalue weighted by molar-refractivity contribution is 7.15. The van der Waals surface area contributed by atoms with Crippen molar-refractivity contribution < 1.29 is 0 Å². The summed E-state index contributed by atoms with van der Waals surface area (Å²) in [6.45, 7) is 5.06. The van der Waals surface area contributed by atoms with E-state index in [-0.39, 0.29) is 0 Å². The zero-order valence-electron chi connectivity index (χ0n) is 15.1. The van der Waals surface area contributed by atoms with Crippen molar-refractivity contribution in [3.05, 3.63) is 47.4 Å². The maximum Gasteiger partial charge on any atom is 0.188 e. The van der Waals surface area contributed by atoms with Gasteiger partial charge in [-0.1, -0.05) is 0 Å². The molecule has 136 valence electrons. The lowest BCUT2D eigenvalue weighted by Gasteiger charge is -2.32. The summed E-state index contributed by atoms with van der Waals surface area (Å²) in [5.74, 6) is 1.20. The van der Waals surface area contributed by atoms with Gasteiger partial charge in [-0.3, -0.25) is 9.88 Å². The van der Waals surface area contributed by atoms with Gasteiger partial charge < -0.3 is 9.88 Å². The Morgan fingerprint density at radius 3 is 2.88 bits per heavy atom. The van der Waals surface area contributed by atoms with Crippen molar-refractivity contribution in [2.24, 2.45) is 7.05 Å². The van der Waals surface area contributed by atoms with Crippen LogP contribution in [0.15, 0.2) is 31.1 Å². The van der Waals surface area contributed by atoms with E-state index in [2.05, 4.69) is 41.6 Å². The van der Waals surface area contributed by atoms with E-state index in [4.69, 9.17) is 0 Å². The van der Waals surface area contributed by atoms with Gasteiger partial charge in [0.05, 0.1) is 17.7 Å². The van der Waals surface area contributed by atoms with Crippen LogP contribution in [-0.2, 0) is 13.6 Å². The minimum absolute atomic E-state index is 0.370. The number of anilines is 2. The zero-order chi connectivity index (χ0) is 17.9. The molecular weight excluding hydrogens is 346 g/mol. The highest BCUT2D eigenvalue weighted by atomic mass is 32.1. The third kappa shape index (κ3) is 3.76. The van der Waals surface area contributed by atoms with E-state index in [1.165, 1.54) is 10.6 Å². The third-order valence-corrected chi connectivity index (χ3v) is 5.60. The first-order valence-corrected chi connectivity index (χ1v) is 9.68. The number of rotatable bonds is 5. The molecule has 0 amide bonds. The number of nitrogens with one attached hydrogen (secondary N) is 1. The lowest BCUT2D eigenvalue weighted by Crippen LogP contribution is -2.35. The summed E-state index contributed by atoms with van der Waals surface area (Å²) in [6, 6.07) is 0. The first kappa shape index (κ1) is 17.1. The van der Waals surface area contributed by atoms with Crippen LogP contribution in [0.2, 0.25) is 0 Å². The van der Waals surface area contributed by atoms with Crippen LogP contribution in [0.1, 0.15) is 35.0 Å². The summed E-state index contributed by atoms with van der Waals surface area (Å²) in [5, 5.41) is 4.23. The largest absolute Gasteiger partial charge is 0.337 e. The molecule has 0 unspecified atom stereocenters. The van der Waals surface area contributed by atoms with Crippen molar-refractivity contribution in [2.75, 3.05) is 18.4 Å². The highest BCUT2D eigenvalue weighted by Gasteiger charge is 2.25. The lowest BCUT2D eigenvalue weighted by atomic mass is 9.94. The van der Waals surface area contributed by atoms with Gasteiger partial charge in [-0.05, 0) is 26.3 Å². The molecule has 4 heterocycles. The molecule has 1 aliphatic rings. The molecule has 0 spiro atoms. The number of aryl methyl sites for hydroxylation is 2. The van der Waals surface area contributed by atoms with E-state index in [1.54, 1.807) is 23.7 Å². The van der Waals surface area contributed by atoms with Crippen molar-refractivity contribution in [3.63, 3.8) is 0 Å². The van der Waals surface area contributed by atoms with Gasteiger partial charge in [0.2, 0.25) is 0 Å². The minimum atomic E-state index is 0.370. The van der Waals surface area contributed by atoms with Crippen LogP contribution in [-0.4, -0.2) is 42.5 Å². The summed E-state index contributed by atoms with van der Waals surface area (Å²) in [7, 11) is 2.05. The van der Waals surface area contributed by atoms with E-state index < -0.39 is 0 Å². The number of piperidine rings is 1. The molecule has 1 fully saturated rings. The van der Waals surface area contributed by atoms with Gasteiger partial charge in [-0.15, -0.1) is 11.3 Å². The van der Waals surface area contributed by atoms with E-state index in [9.17, 15) is 0 Å². The van der Waals surface area contributed by atoms with E-state index >= 15 is 0 Å². The van der Waals surface area contributed by atoms with Crippen molar-refractivity contribution in [1.82, 2.24) is 29.4 Å². The minimum Gasteiger partial charge on any atom is -0.337 e. The molecule has 1 aliphatic heterocycles. The lowest BCUT2D eigenvalue weighted by molar-refractivity contribution is 0.195. The average molecular weight is 369 g/mol. The predicted octanol–water partition coefficient (Wildman–Crippen LogP) is 3.10. The van der Waals surface area contributed by atoms with Gasteiger partial charge >= 0.3 is 0 Å². The van der Waals surface area contributed by atoms with Gasteiger partial charge in [-0.25, -0.2) is 15.0 Å². The molecule has 8 heteroatoms. The standard InChI is InChI=1S/C18H23N7S/c1-13-8-22-18(26-13)23-17-16(20-5-6-21-17)14-4-3-7-25(10-14)11-15-9-19-12-24(15)2/h5-6,8-9,12,14H,3-4,7,10-11H2,1-2H3,(H,21,22,23)/t14-/m0/s1. The second kappa shape index (κ2) is 7.51. The number of thiazole rings is 1. The van der Waals surface area contributed by atoms with Gasteiger partial charge in [0.1, 0.15) is 0 Å². The van der Waals surface area contributed by atoms with E-state index in [0.29, 0.717) is 5.92 Å². The van der Waals surface area contributed by atoms with Crippen LogP contribution in [0.25, 0.3) is 0 Å². The second-order valence-electron chi connectivity index (χ2n) is 6.76. The fourth-order valence-corrected chi connectivity index (χ4v) is 4.11. The molecule has 0 radical (unpaired) electrons. The van der Waals surface area contributed by atoms with Crippen LogP contribution in [0.5, 0.6) is 0 Å². The summed E-state index contributed by atoms with van der Waals surface area (Å²) in [6.07, 6.45) is 11.5. The molecule has 26 heavy (non-hydrogen) atoms. The molecule has 0 saturated carbocycles. The van der Waals surface area contributed by atoms with Crippen LogP contribution in [0, 0.1) is 6.92 Å². The SMILES string of the molecule is Cc1cnc(Nc2nccnc2[C@H]2CCCN(Cc3cncn3C)C2)s1. The number of imidazole rings is 1. The third-order valence-electron chi connectivity index (χ3n) is 4.77. The molecule has 3 aromatic rings. The van der Waals surface area contributed by atoms with Gasteiger partial charge in [0.25, 0.3) is 0 Å². The first-order chi connectivity index (χ1) is 12.7. The van der Waals surface area contributed by atoms with Gasteiger partial charge in [0.15, 0.2) is 10.9 Å². The average Bonchev–Trinajstić information content (AvgIpc) is 3.24. The van der Waals surface area contributed by atoms with E-state index in [1.807, 2.05) is 25.8 Å². The smallest absolute Gasteiger partial charge is 0.188 e. The van der Waals surface area contributed by atoms with Crippen molar-refractivity contribution in [3.8, 4) is 0 Å². The highest BCUT2D eigenvalue weighted by Crippen LogP contribution is 2.31. The maximum atomic E-state index is 4.66. The Balaban J connectivity index is 1.50. The Kier molecular flexibility index (Phi) is 4.94. The fourth-order valence-electron chi connectivity index (χ4n) is 3.45. The van der Waals surface area contributed by atoms with Crippen LogP contribution >= 0.6 is 11.3 Å². The molecule has 0 bridgehead atoms. The van der Waals surface area contributed by atoms with Gasteiger partial charge in [-0.2, -0.15) is 0 Å². The second-order valence-corrected chi connectivity index (χ2v) is 8.00. The van der Waals surface area contributed by atoms with Crippen molar-refractivity contribution in [2.45, 2.75) is 32.2 Å². The number of hydrogen-bond acceptors (Lipinski definition) is 7. The van der Waals surface area contributed by atoms with Crippen molar-refractivity contribution >= 4 is 22.3 Å². The van der Waals surface area contributed by atoms with Gasteiger partial charge in [0, 0.05) is 55.7 Å². The van der Waals surface area contributed by atoms with Crippen LogP contribution in [0.4, 0.5) is 10.9 Å². The quantitative estimate of drug-likeness (QED) is 0.745. The molecule has 0 aromatic carbocycles. The molecule has 0 aliphatic carbocycles. The molecule has 4 rings (SSSR count). The van der Waals surface area contributed by atoms with Crippen LogP contribution < -0.4 is 5.32 Å². The zero-order valence-corrected chi connectivity index (χ0v) is 15.9. The Hall–Kier alpha value is -2.32. The molecule has 1 atom stereocenters. The Bertz CT molecular complexity index is 872. The number of likely N-dealkylation sites (tertiary alicyclic amines) is 1. The number of nitrogens with zero attached hydrogens (tertiary/aromatic N) is 6. The number of aromatic nitrogens is 5. The molecule has 7 nitrogen and oxygen atoms in total. The summed E-state index contributed by atoms with van der Waals surface area (Å²) in [4.78, 5) is 21.5. The molecule has 1 saturated heterocycles. The summed E-state index contributed by atoms with van der Waals surface area (Å²) in [5.41, 5.74) is 2.27. The Morgan fingerprint density at radius 2 is 2.12 bits per heavy atom. The van der Waals surface area contributed by atoms with Crippen molar-refractivity contribution in [1.29, 1.82) is 0 Å². The topological polar surface area (TPSA) is 71.8 Å². The Labute approximate surface area is 157 Å². The monoisotopic (exact) mass is 369 g/mol. The summed E-state index contributed by atoms with van der Waals surface area (Å²) >= 11 is 1.63. The van der Waals surface area contributed by atoms with E-state index in [0.717, 1.165) is 49.1 Å². The summed E-state index contributed by atoms with van der Waals surface area (Å²) < 4.78 is 2.09. The first-order valence-electron chi connectivity index (χ1n) is 8.87. The fraction of sp³-hybridized carbons (Fsp3) is 0.444. The molecular formula is C18H23N7S.